The minimum absolute atomic E-state index is 0.157. The fourth-order valence-corrected chi connectivity index (χ4v) is 1.15. The molecule has 0 rings (SSSR count). The summed E-state index contributed by atoms with van der Waals surface area (Å²) in [7, 11) is 0. The van der Waals surface area contributed by atoms with Crippen LogP contribution in [0.25, 0.3) is 0 Å². The van der Waals surface area contributed by atoms with Gasteiger partial charge in [0.1, 0.15) is 6.04 Å². The van der Waals surface area contributed by atoms with E-state index in [0.29, 0.717) is 13.2 Å². The van der Waals surface area contributed by atoms with Crippen molar-refractivity contribution in [3.63, 3.8) is 0 Å². The van der Waals surface area contributed by atoms with E-state index in [0.717, 1.165) is 6.42 Å². The lowest BCUT2D eigenvalue weighted by atomic mass is 10.2. The fraction of sp³-hybridized carbons (Fsp3) is 0.636. The van der Waals surface area contributed by atoms with Gasteiger partial charge in [-0.25, -0.2) is 4.79 Å². The number of carbonyl (C=O) groups excluding carboxylic acids is 2. The van der Waals surface area contributed by atoms with Crippen molar-refractivity contribution in [1.82, 2.24) is 4.90 Å². The highest BCUT2D eigenvalue weighted by atomic mass is 16.5. The standard InChI is InChI=1S/C11H19NO3/c1-5-7-12(10(4)13)9(3)11(14)15-8-6-2/h5,9H,1,6-8H2,2-4H3. The molecule has 0 radical (unpaired) electrons. The van der Waals surface area contributed by atoms with Crippen molar-refractivity contribution in [3.05, 3.63) is 12.7 Å². The number of esters is 1. The molecule has 1 amide bonds. The summed E-state index contributed by atoms with van der Waals surface area (Å²) in [6.07, 6.45) is 2.37. The third-order valence-electron chi connectivity index (χ3n) is 1.99. The summed E-state index contributed by atoms with van der Waals surface area (Å²) < 4.78 is 4.96. The first kappa shape index (κ1) is 13.7. The normalized spacial score (nSPS) is 11.7. The Morgan fingerprint density at radius 1 is 1.53 bits per heavy atom. The number of hydrogen-bond donors (Lipinski definition) is 0. The summed E-state index contributed by atoms with van der Waals surface area (Å²) in [5.74, 6) is -0.523. The zero-order valence-electron chi connectivity index (χ0n) is 9.66. The van der Waals surface area contributed by atoms with Gasteiger partial charge in [-0.05, 0) is 13.3 Å². The summed E-state index contributed by atoms with van der Waals surface area (Å²) >= 11 is 0. The number of nitrogens with zero attached hydrogens (tertiary/aromatic N) is 1. The van der Waals surface area contributed by atoms with E-state index in [1.807, 2.05) is 6.92 Å². The SMILES string of the molecule is C=CCN(C(C)=O)C(C)C(=O)OCCC. The smallest absolute Gasteiger partial charge is 0.328 e. The lowest BCUT2D eigenvalue weighted by Crippen LogP contribution is -2.43. The largest absolute Gasteiger partial charge is 0.464 e. The Bertz CT molecular complexity index is 238. The van der Waals surface area contributed by atoms with E-state index in [2.05, 4.69) is 6.58 Å². The molecule has 0 spiro atoms. The Labute approximate surface area is 90.9 Å². The van der Waals surface area contributed by atoms with Gasteiger partial charge in [0.15, 0.2) is 0 Å². The quantitative estimate of drug-likeness (QED) is 0.494. The molecule has 0 aromatic rings. The number of carbonyl (C=O) groups is 2. The van der Waals surface area contributed by atoms with Crippen molar-refractivity contribution in [2.24, 2.45) is 0 Å². The summed E-state index contributed by atoms with van der Waals surface area (Å²) in [6.45, 7) is 9.29. The van der Waals surface area contributed by atoms with Crippen LogP contribution in [0.2, 0.25) is 0 Å². The molecular weight excluding hydrogens is 194 g/mol. The van der Waals surface area contributed by atoms with Gasteiger partial charge in [0.05, 0.1) is 6.61 Å². The Morgan fingerprint density at radius 2 is 2.13 bits per heavy atom. The van der Waals surface area contributed by atoms with Crippen LogP contribution in [0, 0.1) is 0 Å². The molecule has 0 aromatic carbocycles. The van der Waals surface area contributed by atoms with Crippen molar-refractivity contribution in [3.8, 4) is 0 Å². The van der Waals surface area contributed by atoms with Gasteiger partial charge in [0.2, 0.25) is 5.91 Å². The van der Waals surface area contributed by atoms with Crippen LogP contribution in [0.15, 0.2) is 12.7 Å². The Hall–Kier alpha value is -1.32. The second-order valence-electron chi connectivity index (χ2n) is 3.30. The Balaban J connectivity index is 4.34. The van der Waals surface area contributed by atoms with Gasteiger partial charge < -0.3 is 9.64 Å². The minimum Gasteiger partial charge on any atom is -0.464 e. The van der Waals surface area contributed by atoms with Gasteiger partial charge in [0.25, 0.3) is 0 Å². The number of hydrogen-bond acceptors (Lipinski definition) is 3. The van der Waals surface area contributed by atoms with Gasteiger partial charge in [-0.15, -0.1) is 6.58 Å². The van der Waals surface area contributed by atoms with Crippen LogP contribution >= 0.6 is 0 Å². The lowest BCUT2D eigenvalue weighted by Gasteiger charge is -2.25. The molecule has 0 saturated heterocycles. The maximum atomic E-state index is 11.5. The van der Waals surface area contributed by atoms with E-state index in [-0.39, 0.29) is 11.9 Å². The van der Waals surface area contributed by atoms with Gasteiger partial charge in [-0.3, -0.25) is 4.79 Å². The predicted octanol–water partition coefficient (Wildman–Crippen LogP) is 1.36. The molecule has 0 saturated carbocycles. The second kappa shape index (κ2) is 7.04. The van der Waals surface area contributed by atoms with Crippen LogP contribution in [0.3, 0.4) is 0 Å². The van der Waals surface area contributed by atoms with Crippen LogP contribution < -0.4 is 0 Å². The molecule has 0 bridgehead atoms. The van der Waals surface area contributed by atoms with Gasteiger partial charge >= 0.3 is 5.97 Å². The molecule has 1 atom stereocenters. The van der Waals surface area contributed by atoms with Crippen LogP contribution in [0.5, 0.6) is 0 Å². The Morgan fingerprint density at radius 3 is 2.53 bits per heavy atom. The molecule has 15 heavy (non-hydrogen) atoms. The predicted molar refractivity (Wildman–Crippen MR) is 58.3 cm³/mol. The number of rotatable bonds is 6. The number of amides is 1. The molecule has 0 aliphatic carbocycles. The molecule has 0 aliphatic rings. The van der Waals surface area contributed by atoms with E-state index in [4.69, 9.17) is 4.74 Å². The van der Waals surface area contributed by atoms with Crippen LogP contribution in [0.4, 0.5) is 0 Å². The average molecular weight is 213 g/mol. The third-order valence-corrected chi connectivity index (χ3v) is 1.99. The lowest BCUT2D eigenvalue weighted by molar-refractivity contribution is -0.153. The summed E-state index contributed by atoms with van der Waals surface area (Å²) in [5.41, 5.74) is 0. The minimum atomic E-state index is -0.549. The summed E-state index contributed by atoms with van der Waals surface area (Å²) in [6, 6.07) is -0.549. The molecule has 0 aromatic heterocycles. The molecular formula is C11H19NO3. The van der Waals surface area contributed by atoms with Crippen LogP contribution in [-0.4, -0.2) is 36.0 Å². The summed E-state index contributed by atoms with van der Waals surface area (Å²) in [4.78, 5) is 24.1. The molecule has 86 valence electrons. The molecule has 1 unspecified atom stereocenters. The van der Waals surface area contributed by atoms with E-state index in [1.165, 1.54) is 11.8 Å². The van der Waals surface area contributed by atoms with E-state index in [1.54, 1.807) is 13.0 Å². The van der Waals surface area contributed by atoms with Crippen molar-refractivity contribution in [2.75, 3.05) is 13.2 Å². The van der Waals surface area contributed by atoms with Gasteiger partial charge in [0, 0.05) is 13.5 Å². The fourth-order valence-electron chi connectivity index (χ4n) is 1.15. The van der Waals surface area contributed by atoms with Crippen molar-refractivity contribution in [2.45, 2.75) is 33.2 Å². The first-order valence-electron chi connectivity index (χ1n) is 5.09. The highest BCUT2D eigenvalue weighted by Crippen LogP contribution is 2.02. The molecule has 0 N–H and O–H groups in total. The maximum absolute atomic E-state index is 11.5. The van der Waals surface area contributed by atoms with E-state index in [9.17, 15) is 9.59 Å². The molecule has 4 heteroatoms. The van der Waals surface area contributed by atoms with Crippen molar-refractivity contribution in [1.29, 1.82) is 0 Å². The van der Waals surface area contributed by atoms with E-state index >= 15 is 0 Å². The first-order valence-corrected chi connectivity index (χ1v) is 5.09. The highest BCUT2D eigenvalue weighted by Gasteiger charge is 2.23. The monoisotopic (exact) mass is 213 g/mol. The molecule has 0 heterocycles. The van der Waals surface area contributed by atoms with Crippen molar-refractivity contribution < 1.29 is 14.3 Å². The van der Waals surface area contributed by atoms with Crippen LogP contribution in [-0.2, 0) is 14.3 Å². The average Bonchev–Trinajstić information content (AvgIpc) is 2.21. The maximum Gasteiger partial charge on any atom is 0.328 e. The number of ether oxygens (including phenoxy) is 1. The van der Waals surface area contributed by atoms with Crippen LogP contribution in [0.1, 0.15) is 27.2 Å². The molecule has 4 nitrogen and oxygen atoms in total. The van der Waals surface area contributed by atoms with Crippen molar-refractivity contribution >= 4 is 11.9 Å². The Kier molecular flexibility index (Phi) is 6.42. The van der Waals surface area contributed by atoms with Gasteiger partial charge in [-0.1, -0.05) is 13.0 Å². The summed E-state index contributed by atoms with van der Waals surface area (Å²) in [5, 5.41) is 0. The molecule has 0 aliphatic heterocycles. The van der Waals surface area contributed by atoms with E-state index < -0.39 is 6.04 Å². The zero-order chi connectivity index (χ0) is 11.8. The zero-order valence-corrected chi connectivity index (χ0v) is 9.66. The third kappa shape index (κ3) is 4.63. The van der Waals surface area contributed by atoms with Gasteiger partial charge in [-0.2, -0.15) is 0 Å². The topological polar surface area (TPSA) is 46.6 Å². The molecule has 0 fully saturated rings. The second-order valence-corrected chi connectivity index (χ2v) is 3.30. The highest BCUT2D eigenvalue weighted by molar-refractivity contribution is 5.83. The first-order chi connectivity index (χ1) is 7.04.